The molecule has 0 aliphatic rings. The van der Waals surface area contributed by atoms with Crippen LogP contribution in [0, 0.1) is 10.1 Å². The molecule has 21 heavy (non-hydrogen) atoms. The molecule has 0 amide bonds. The first-order chi connectivity index (χ1) is 10.1. The number of nitro groups is 1. The van der Waals surface area contributed by atoms with Crippen molar-refractivity contribution < 1.29 is 9.66 Å². The fourth-order valence-corrected chi connectivity index (χ4v) is 2.54. The zero-order chi connectivity index (χ0) is 15.2. The lowest BCUT2D eigenvalue weighted by atomic mass is 10.1. The molecule has 0 saturated heterocycles. The van der Waals surface area contributed by atoms with Gasteiger partial charge in [-0.25, -0.2) is 0 Å². The van der Waals surface area contributed by atoms with Crippen LogP contribution in [0.3, 0.4) is 0 Å². The van der Waals surface area contributed by atoms with E-state index >= 15 is 0 Å². The maximum atomic E-state index is 10.8. The third kappa shape index (κ3) is 4.03. The van der Waals surface area contributed by atoms with Crippen LogP contribution in [0.4, 0.5) is 11.4 Å². The molecule has 110 valence electrons. The number of hydrogen-bond acceptors (Lipinski definition) is 4. The van der Waals surface area contributed by atoms with Gasteiger partial charge in [0.25, 0.3) is 5.69 Å². The summed E-state index contributed by atoms with van der Waals surface area (Å²) in [6, 6.07) is 14.7. The van der Waals surface area contributed by atoms with Crippen LogP contribution in [-0.2, 0) is 4.74 Å². The molecule has 0 aliphatic carbocycles. The molecule has 0 spiro atoms. The Hall–Kier alpha value is -1.92. The van der Waals surface area contributed by atoms with Crippen LogP contribution in [0.1, 0.15) is 11.6 Å². The molecular weight excluding hydrogens is 336 g/mol. The topological polar surface area (TPSA) is 64.4 Å². The Morgan fingerprint density at radius 2 is 2.00 bits per heavy atom. The summed E-state index contributed by atoms with van der Waals surface area (Å²) in [5, 5.41) is 14.1. The van der Waals surface area contributed by atoms with Gasteiger partial charge in [0.2, 0.25) is 0 Å². The van der Waals surface area contributed by atoms with Gasteiger partial charge < -0.3 is 10.1 Å². The van der Waals surface area contributed by atoms with Gasteiger partial charge in [-0.1, -0.05) is 30.3 Å². The largest absolute Gasteiger partial charge is 0.382 e. The summed E-state index contributed by atoms with van der Waals surface area (Å²) >= 11 is 3.22. The van der Waals surface area contributed by atoms with Crippen molar-refractivity contribution >= 4 is 27.3 Å². The molecule has 1 atom stereocenters. The molecule has 0 saturated carbocycles. The van der Waals surface area contributed by atoms with Gasteiger partial charge in [-0.15, -0.1) is 0 Å². The third-order valence-electron chi connectivity index (χ3n) is 3.02. The van der Waals surface area contributed by atoms with E-state index in [1.165, 1.54) is 6.07 Å². The lowest BCUT2D eigenvalue weighted by molar-refractivity contribution is -0.385. The van der Waals surface area contributed by atoms with Crippen molar-refractivity contribution in [3.63, 3.8) is 0 Å². The summed E-state index contributed by atoms with van der Waals surface area (Å²) in [6.07, 6.45) is 0. The molecule has 0 aliphatic heterocycles. The second-order valence-electron chi connectivity index (χ2n) is 4.49. The number of benzene rings is 2. The number of nitrogens with one attached hydrogen (secondary N) is 1. The van der Waals surface area contributed by atoms with Gasteiger partial charge in [-0.2, -0.15) is 0 Å². The first-order valence-electron chi connectivity index (χ1n) is 6.36. The van der Waals surface area contributed by atoms with E-state index in [4.69, 9.17) is 4.74 Å². The highest BCUT2D eigenvalue weighted by Crippen LogP contribution is 2.29. The van der Waals surface area contributed by atoms with E-state index in [0.717, 1.165) is 11.3 Å². The number of methoxy groups -OCH3 is 1. The van der Waals surface area contributed by atoms with Crippen LogP contribution < -0.4 is 5.32 Å². The summed E-state index contributed by atoms with van der Waals surface area (Å²) in [5.41, 5.74) is 1.93. The maximum absolute atomic E-state index is 10.8. The van der Waals surface area contributed by atoms with E-state index < -0.39 is 4.92 Å². The average molecular weight is 351 g/mol. The second-order valence-corrected chi connectivity index (χ2v) is 5.34. The second kappa shape index (κ2) is 7.19. The Labute approximate surface area is 131 Å². The zero-order valence-electron chi connectivity index (χ0n) is 11.5. The van der Waals surface area contributed by atoms with Crippen molar-refractivity contribution in [2.24, 2.45) is 0 Å². The molecular formula is C15H15BrN2O3. The number of rotatable bonds is 6. The van der Waals surface area contributed by atoms with Crippen LogP contribution in [0.25, 0.3) is 0 Å². The van der Waals surface area contributed by atoms with E-state index in [1.54, 1.807) is 19.2 Å². The molecule has 2 aromatic carbocycles. The predicted octanol–water partition coefficient (Wildman–Crippen LogP) is 4.16. The Morgan fingerprint density at radius 1 is 1.29 bits per heavy atom. The lowest BCUT2D eigenvalue weighted by Gasteiger charge is -2.19. The van der Waals surface area contributed by atoms with Gasteiger partial charge in [0.05, 0.1) is 22.0 Å². The van der Waals surface area contributed by atoms with Crippen LogP contribution >= 0.6 is 15.9 Å². The number of nitrogens with zero attached hydrogens (tertiary/aromatic N) is 1. The molecule has 0 bridgehead atoms. The van der Waals surface area contributed by atoms with Crippen molar-refractivity contribution in [2.45, 2.75) is 6.04 Å². The van der Waals surface area contributed by atoms with E-state index in [-0.39, 0.29) is 11.7 Å². The quantitative estimate of drug-likeness (QED) is 0.627. The minimum Gasteiger partial charge on any atom is -0.382 e. The fraction of sp³-hybridized carbons (Fsp3) is 0.200. The van der Waals surface area contributed by atoms with Crippen molar-refractivity contribution in [3.8, 4) is 0 Å². The minimum absolute atomic E-state index is 0.0236. The van der Waals surface area contributed by atoms with Crippen LogP contribution in [0.2, 0.25) is 0 Å². The normalized spacial score (nSPS) is 11.9. The molecule has 0 radical (unpaired) electrons. The highest BCUT2D eigenvalue weighted by atomic mass is 79.9. The molecule has 1 N–H and O–H groups in total. The summed E-state index contributed by atoms with van der Waals surface area (Å²) in [6.45, 7) is 0.499. The average Bonchev–Trinajstić information content (AvgIpc) is 2.47. The number of hydrogen-bond donors (Lipinski definition) is 1. The highest BCUT2D eigenvalue weighted by Gasteiger charge is 2.15. The lowest BCUT2D eigenvalue weighted by Crippen LogP contribution is -2.16. The summed E-state index contributed by atoms with van der Waals surface area (Å²) < 4.78 is 5.69. The Kier molecular flexibility index (Phi) is 5.30. The highest BCUT2D eigenvalue weighted by molar-refractivity contribution is 9.10. The molecule has 1 unspecified atom stereocenters. The zero-order valence-corrected chi connectivity index (χ0v) is 13.0. The number of anilines is 1. The molecule has 0 heterocycles. The predicted molar refractivity (Wildman–Crippen MR) is 85.5 cm³/mol. The van der Waals surface area contributed by atoms with Crippen LogP contribution in [0.15, 0.2) is 53.0 Å². The molecule has 2 aromatic rings. The van der Waals surface area contributed by atoms with E-state index in [2.05, 4.69) is 21.2 Å². The number of ether oxygens (including phenoxy) is 1. The minimum atomic E-state index is -0.419. The Morgan fingerprint density at radius 3 is 2.57 bits per heavy atom. The van der Waals surface area contributed by atoms with Gasteiger partial charge in [-0.3, -0.25) is 10.1 Å². The van der Waals surface area contributed by atoms with Crippen molar-refractivity contribution in [3.05, 3.63) is 68.7 Å². The summed E-state index contributed by atoms with van der Waals surface area (Å²) in [7, 11) is 1.64. The first kappa shape index (κ1) is 15.5. The summed E-state index contributed by atoms with van der Waals surface area (Å²) in [4.78, 5) is 10.4. The fourth-order valence-electron chi connectivity index (χ4n) is 2.02. The molecule has 2 rings (SSSR count). The van der Waals surface area contributed by atoms with Gasteiger partial charge in [0.1, 0.15) is 0 Å². The maximum Gasteiger partial charge on any atom is 0.283 e. The van der Waals surface area contributed by atoms with Gasteiger partial charge in [0.15, 0.2) is 0 Å². The Bertz CT molecular complexity index is 620. The Balaban J connectivity index is 2.21. The van der Waals surface area contributed by atoms with Crippen molar-refractivity contribution in [2.75, 3.05) is 19.0 Å². The van der Waals surface area contributed by atoms with Crippen molar-refractivity contribution in [1.29, 1.82) is 0 Å². The standard InChI is InChI=1S/C15H15BrN2O3/c1-21-10-14(11-5-3-2-4-6-11)17-12-7-8-15(18(19)20)13(16)9-12/h2-9,14,17H,10H2,1H3. The van der Waals surface area contributed by atoms with Crippen LogP contribution in [-0.4, -0.2) is 18.6 Å². The van der Waals surface area contributed by atoms with Crippen molar-refractivity contribution in [1.82, 2.24) is 0 Å². The molecule has 6 heteroatoms. The molecule has 5 nitrogen and oxygen atoms in total. The SMILES string of the molecule is COCC(Nc1ccc([N+](=O)[O-])c(Br)c1)c1ccccc1. The van der Waals surface area contributed by atoms with E-state index in [0.29, 0.717) is 11.1 Å². The number of nitro benzene ring substituents is 1. The van der Waals surface area contributed by atoms with E-state index in [1.807, 2.05) is 30.3 Å². The van der Waals surface area contributed by atoms with E-state index in [9.17, 15) is 10.1 Å². The van der Waals surface area contributed by atoms with Gasteiger partial charge in [-0.05, 0) is 33.6 Å². The molecule has 0 fully saturated rings. The monoisotopic (exact) mass is 350 g/mol. The number of halogens is 1. The van der Waals surface area contributed by atoms with Crippen LogP contribution in [0.5, 0.6) is 0 Å². The van der Waals surface area contributed by atoms with Gasteiger partial charge >= 0.3 is 0 Å². The first-order valence-corrected chi connectivity index (χ1v) is 7.15. The third-order valence-corrected chi connectivity index (χ3v) is 3.66. The summed E-state index contributed by atoms with van der Waals surface area (Å²) in [5.74, 6) is 0. The molecule has 0 aromatic heterocycles. The smallest absolute Gasteiger partial charge is 0.283 e. The van der Waals surface area contributed by atoms with Gasteiger partial charge in [0, 0.05) is 18.9 Å².